The van der Waals surface area contributed by atoms with Crippen LogP contribution in [0.15, 0.2) is 84.8 Å². The molecule has 0 saturated carbocycles. The molecule has 0 fully saturated rings. The van der Waals surface area contributed by atoms with Gasteiger partial charge >= 0.3 is 5.97 Å². The summed E-state index contributed by atoms with van der Waals surface area (Å²) in [7, 11) is 1.25. The molecule has 0 radical (unpaired) electrons. The molecule has 4 rings (SSSR count). The molecule has 0 spiro atoms. The number of carbonyl (C=O) groups is 3. The quantitative estimate of drug-likeness (QED) is 0.262. The zero-order chi connectivity index (χ0) is 27.2. The highest BCUT2D eigenvalue weighted by atomic mass is 16.5. The Morgan fingerprint density at radius 2 is 1.55 bits per heavy atom. The molecule has 0 bridgehead atoms. The van der Waals surface area contributed by atoms with Gasteiger partial charge in [0.05, 0.1) is 13.2 Å². The fraction of sp³-hybridized carbons (Fsp3) is 0.161. The van der Waals surface area contributed by atoms with E-state index in [-0.39, 0.29) is 17.6 Å². The third-order valence-electron chi connectivity index (χ3n) is 6.33. The number of methoxy groups -OCH3 is 1. The number of nitrogens with one attached hydrogen (secondary N) is 2. The van der Waals surface area contributed by atoms with Gasteiger partial charge < -0.3 is 15.4 Å². The van der Waals surface area contributed by atoms with E-state index in [1.807, 2.05) is 49.4 Å². The Kier molecular flexibility index (Phi) is 7.97. The van der Waals surface area contributed by atoms with Crippen molar-refractivity contribution in [1.82, 2.24) is 15.6 Å². The number of aryl methyl sites for hydroxylation is 2. The third-order valence-corrected chi connectivity index (χ3v) is 6.33. The summed E-state index contributed by atoms with van der Waals surface area (Å²) in [6.07, 6.45) is 4.69. The molecule has 2 amide bonds. The summed E-state index contributed by atoms with van der Waals surface area (Å²) >= 11 is 0. The van der Waals surface area contributed by atoms with Crippen LogP contribution in [0.4, 0.5) is 0 Å². The van der Waals surface area contributed by atoms with E-state index in [2.05, 4.69) is 15.6 Å². The molecule has 0 unspecified atom stereocenters. The SMILES string of the molecule is COC(=O)/C(=C/c1ccncc1)NC(=O)c1c(C)cc(C(=O)N[C@H](C)c2cccc3ccccc23)cc1C. The lowest BCUT2D eigenvalue weighted by Crippen LogP contribution is -2.30. The van der Waals surface area contributed by atoms with Crippen molar-refractivity contribution in [3.8, 4) is 0 Å². The summed E-state index contributed by atoms with van der Waals surface area (Å²) in [6.45, 7) is 5.47. The minimum atomic E-state index is -0.677. The average molecular weight is 508 g/mol. The Labute approximate surface area is 221 Å². The molecule has 2 N–H and O–H groups in total. The number of hydrogen-bond donors (Lipinski definition) is 2. The molecule has 0 aliphatic carbocycles. The van der Waals surface area contributed by atoms with Crippen molar-refractivity contribution in [3.63, 3.8) is 0 Å². The van der Waals surface area contributed by atoms with Gasteiger partial charge in [-0.3, -0.25) is 14.6 Å². The Balaban J connectivity index is 1.55. The van der Waals surface area contributed by atoms with Crippen molar-refractivity contribution in [2.45, 2.75) is 26.8 Å². The van der Waals surface area contributed by atoms with Crippen LogP contribution in [0.25, 0.3) is 16.8 Å². The Morgan fingerprint density at radius 1 is 0.895 bits per heavy atom. The Bertz CT molecular complexity index is 1520. The third kappa shape index (κ3) is 5.78. The highest BCUT2D eigenvalue weighted by Crippen LogP contribution is 2.25. The largest absolute Gasteiger partial charge is 0.464 e. The minimum Gasteiger partial charge on any atom is -0.464 e. The van der Waals surface area contributed by atoms with Crippen LogP contribution >= 0.6 is 0 Å². The molecular weight excluding hydrogens is 478 g/mol. The van der Waals surface area contributed by atoms with Gasteiger partial charge in [-0.15, -0.1) is 0 Å². The summed E-state index contributed by atoms with van der Waals surface area (Å²) in [4.78, 5) is 42.7. The lowest BCUT2D eigenvalue weighted by molar-refractivity contribution is -0.136. The lowest BCUT2D eigenvalue weighted by atomic mass is 9.97. The van der Waals surface area contributed by atoms with E-state index < -0.39 is 11.9 Å². The predicted octanol–water partition coefficient (Wildman–Crippen LogP) is 5.29. The zero-order valence-corrected chi connectivity index (χ0v) is 21.7. The van der Waals surface area contributed by atoms with Crippen LogP contribution in [0.5, 0.6) is 0 Å². The number of ether oxygens (including phenoxy) is 1. The number of carbonyl (C=O) groups excluding carboxylic acids is 3. The van der Waals surface area contributed by atoms with Gasteiger partial charge in [0.1, 0.15) is 5.70 Å². The topological polar surface area (TPSA) is 97.4 Å². The lowest BCUT2D eigenvalue weighted by Gasteiger charge is -2.18. The summed E-state index contributed by atoms with van der Waals surface area (Å²) in [6, 6.07) is 20.6. The van der Waals surface area contributed by atoms with Crippen LogP contribution in [0.1, 0.15) is 55.9 Å². The van der Waals surface area contributed by atoms with E-state index in [0.717, 1.165) is 16.3 Å². The molecule has 7 nitrogen and oxygen atoms in total. The average Bonchev–Trinajstić information content (AvgIpc) is 2.92. The monoisotopic (exact) mass is 507 g/mol. The molecule has 0 saturated heterocycles. The van der Waals surface area contributed by atoms with E-state index in [4.69, 9.17) is 4.74 Å². The van der Waals surface area contributed by atoms with Gasteiger partial charge in [0.25, 0.3) is 11.8 Å². The van der Waals surface area contributed by atoms with Crippen LogP contribution < -0.4 is 10.6 Å². The van der Waals surface area contributed by atoms with Gasteiger partial charge in [-0.2, -0.15) is 0 Å². The summed E-state index contributed by atoms with van der Waals surface area (Å²) in [5.74, 6) is -1.39. The normalized spacial score (nSPS) is 12.1. The Hall–Kier alpha value is -4.78. The van der Waals surface area contributed by atoms with E-state index >= 15 is 0 Å². The minimum absolute atomic E-state index is 0.00627. The molecule has 1 aromatic heterocycles. The van der Waals surface area contributed by atoms with Gasteiger partial charge in [0.15, 0.2) is 0 Å². The number of hydrogen-bond acceptors (Lipinski definition) is 5. The van der Waals surface area contributed by atoms with E-state index in [1.54, 1.807) is 50.5 Å². The second kappa shape index (κ2) is 11.5. The first-order chi connectivity index (χ1) is 18.3. The van der Waals surface area contributed by atoms with E-state index in [9.17, 15) is 14.4 Å². The number of nitrogens with zero attached hydrogens (tertiary/aromatic N) is 1. The summed E-state index contributed by atoms with van der Waals surface area (Å²) in [5, 5.41) is 7.93. The molecule has 1 atom stereocenters. The van der Waals surface area contributed by atoms with Crippen LogP contribution in [0.3, 0.4) is 0 Å². The number of amides is 2. The second-order valence-electron chi connectivity index (χ2n) is 9.03. The van der Waals surface area contributed by atoms with Crippen molar-refractivity contribution in [1.29, 1.82) is 0 Å². The van der Waals surface area contributed by atoms with Crippen molar-refractivity contribution in [2.24, 2.45) is 0 Å². The van der Waals surface area contributed by atoms with Crippen LogP contribution in [0, 0.1) is 13.8 Å². The number of fused-ring (bicyclic) bond motifs is 1. The summed E-state index contributed by atoms with van der Waals surface area (Å²) in [5.41, 5.74) is 3.75. The number of benzene rings is 3. The number of pyridine rings is 1. The molecule has 192 valence electrons. The van der Waals surface area contributed by atoms with Gasteiger partial charge in [-0.25, -0.2) is 4.79 Å². The maximum Gasteiger partial charge on any atom is 0.354 e. The highest BCUT2D eigenvalue weighted by Gasteiger charge is 2.21. The first-order valence-corrected chi connectivity index (χ1v) is 12.2. The van der Waals surface area contributed by atoms with Gasteiger partial charge in [-0.05, 0) is 84.1 Å². The van der Waals surface area contributed by atoms with Crippen molar-refractivity contribution in [2.75, 3.05) is 7.11 Å². The van der Waals surface area contributed by atoms with Crippen molar-refractivity contribution < 1.29 is 19.1 Å². The number of rotatable bonds is 7. The maximum atomic E-state index is 13.2. The van der Waals surface area contributed by atoms with Crippen molar-refractivity contribution >= 4 is 34.6 Å². The van der Waals surface area contributed by atoms with Crippen molar-refractivity contribution in [3.05, 3.63) is 118 Å². The van der Waals surface area contributed by atoms with Gasteiger partial charge in [-0.1, -0.05) is 42.5 Å². The molecular formula is C31H29N3O4. The number of aromatic nitrogens is 1. The highest BCUT2D eigenvalue weighted by molar-refractivity contribution is 6.05. The molecule has 3 aromatic carbocycles. The maximum absolute atomic E-state index is 13.2. The fourth-order valence-corrected chi connectivity index (χ4v) is 4.51. The van der Waals surface area contributed by atoms with Crippen LogP contribution in [-0.2, 0) is 9.53 Å². The van der Waals surface area contributed by atoms with Gasteiger partial charge in [0.2, 0.25) is 0 Å². The molecule has 7 heteroatoms. The van der Waals surface area contributed by atoms with E-state index in [0.29, 0.717) is 27.8 Å². The molecule has 38 heavy (non-hydrogen) atoms. The first-order valence-electron chi connectivity index (χ1n) is 12.2. The molecule has 4 aromatic rings. The zero-order valence-electron chi connectivity index (χ0n) is 21.7. The standard InChI is InChI=1S/C31H29N3O4/c1-19-16-24(29(35)33-21(3)25-11-7-9-23-8-5-6-10-26(23)25)17-20(2)28(19)30(36)34-27(31(37)38-4)18-22-12-14-32-15-13-22/h5-18,21H,1-4H3,(H,33,35)(H,34,36)/b27-18-/t21-/m1/s1. The second-order valence-corrected chi connectivity index (χ2v) is 9.03. The molecule has 1 heterocycles. The Morgan fingerprint density at radius 3 is 2.24 bits per heavy atom. The molecule has 0 aliphatic heterocycles. The van der Waals surface area contributed by atoms with Crippen LogP contribution in [-0.4, -0.2) is 29.9 Å². The summed E-state index contributed by atoms with van der Waals surface area (Å²) < 4.78 is 4.84. The number of esters is 1. The van der Waals surface area contributed by atoms with E-state index in [1.165, 1.54) is 13.2 Å². The smallest absolute Gasteiger partial charge is 0.354 e. The predicted molar refractivity (Wildman–Crippen MR) is 147 cm³/mol. The fourth-order valence-electron chi connectivity index (χ4n) is 4.51. The first kappa shape index (κ1) is 26.3. The van der Waals surface area contributed by atoms with Crippen LogP contribution in [0.2, 0.25) is 0 Å². The molecule has 0 aliphatic rings. The van der Waals surface area contributed by atoms with Gasteiger partial charge in [0, 0.05) is 23.5 Å².